The lowest BCUT2D eigenvalue weighted by atomic mass is 10.1. The minimum Gasteiger partial charge on any atom is -0.309 e. The predicted molar refractivity (Wildman–Crippen MR) is 194 cm³/mol. The molecule has 0 bridgehead atoms. The third kappa shape index (κ3) is 3.83. The maximum Gasteiger partial charge on any atom is 0.145 e. The van der Waals surface area contributed by atoms with Crippen LogP contribution in [0.25, 0.3) is 67.4 Å². The standard InChI is InChI=1S/C42H27N5/c1-4-17-36-28(11-1)21-22-29-25-35-33-15-3-6-19-38(33)47(41-20-7-8-23-43-41)40(35)27-39(29)45(36)30-12-9-13-31(26-30)46-37-18-5-2-14-32(37)34-16-10-24-44-42(34)46/h1-27H. The molecule has 0 unspecified atom stereocenters. The number of nitrogens with zero attached hydrogens (tertiary/aromatic N) is 5. The molecule has 0 N–H and O–H groups in total. The summed E-state index contributed by atoms with van der Waals surface area (Å²) in [5.41, 5.74) is 11.0. The van der Waals surface area contributed by atoms with Crippen LogP contribution in [-0.4, -0.2) is 19.1 Å². The summed E-state index contributed by atoms with van der Waals surface area (Å²) in [4.78, 5) is 12.0. The van der Waals surface area contributed by atoms with E-state index in [1.807, 2.05) is 30.6 Å². The summed E-state index contributed by atoms with van der Waals surface area (Å²) in [5.74, 6) is 0.899. The fraction of sp³-hybridized carbons (Fsp3) is 0. The molecular formula is C42H27N5. The molecular weight excluding hydrogens is 574 g/mol. The van der Waals surface area contributed by atoms with Gasteiger partial charge in [-0.2, -0.15) is 0 Å². The highest BCUT2D eigenvalue weighted by atomic mass is 15.2. The molecule has 9 aromatic rings. The van der Waals surface area contributed by atoms with E-state index in [0.717, 1.165) is 67.3 Å². The molecule has 1 aliphatic heterocycles. The van der Waals surface area contributed by atoms with Crippen molar-refractivity contribution in [1.82, 2.24) is 19.1 Å². The quantitative estimate of drug-likeness (QED) is 0.202. The number of hydrogen-bond acceptors (Lipinski definition) is 3. The van der Waals surface area contributed by atoms with Crippen molar-refractivity contribution in [1.29, 1.82) is 0 Å². The molecule has 5 aromatic carbocycles. The third-order valence-corrected chi connectivity index (χ3v) is 9.34. The van der Waals surface area contributed by atoms with Crippen LogP contribution in [0.3, 0.4) is 0 Å². The van der Waals surface area contributed by atoms with Crippen molar-refractivity contribution in [3.63, 3.8) is 0 Å². The zero-order chi connectivity index (χ0) is 30.9. The van der Waals surface area contributed by atoms with E-state index in [2.05, 4.69) is 148 Å². The fourth-order valence-corrected chi connectivity index (χ4v) is 7.33. The summed E-state index contributed by atoms with van der Waals surface area (Å²) in [7, 11) is 0. The molecule has 5 heterocycles. The summed E-state index contributed by atoms with van der Waals surface area (Å²) < 4.78 is 4.56. The van der Waals surface area contributed by atoms with Crippen LogP contribution in [-0.2, 0) is 0 Å². The minimum atomic E-state index is 0.899. The van der Waals surface area contributed by atoms with Crippen LogP contribution in [0.2, 0.25) is 0 Å². The van der Waals surface area contributed by atoms with Gasteiger partial charge in [-0.15, -0.1) is 0 Å². The third-order valence-electron chi connectivity index (χ3n) is 9.34. The molecule has 0 saturated heterocycles. The van der Waals surface area contributed by atoms with Gasteiger partial charge in [0, 0.05) is 45.3 Å². The van der Waals surface area contributed by atoms with Crippen LogP contribution in [0.15, 0.2) is 152 Å². The summed E-state index contributed by atoms with van der Waals surface area (Å²) in [6, 6.07) is 49.5. The topological polar surface area (TPSA) is 38.9 Å². The van der Waals surface area contributed by atoms with Crippen LogP contribution in [0, 0.1) is 0 Å². The maximum absolute atomic E-state index is 4.85. The Kier molecular flexibility index (Phi) is 5.51. The van der Waals surface area contributed by atoms with Crippen LogP contribution < -0.4 is 4.90 Å². The number of fused-ring (bicyclic) bond motifs is 8. The van der Waals surface area contributed by atoms with Gasteiger partial charge in [-0.1, -0.05) is 78.9 Å². The molecule has 0 aliphatic carbocycles. The molecule has 0 amide bonds. The van der Waals surface area contributed by atoms with Gasteiger partial charge >= 0.3 is 0 Å². The molecule has 10 rings (SSSR count). The first-order valence-electron chi connectivity index (χ1n) is 15.8. The average molecular weight is 602 g/mol. The van der Waals surface area contributed by atoms with E-state index in [-0.39, 0.29) is 0 Å². The summed E-state index contributed by atoms with van der Waals surface area (Å²) >= 11 is 0. The largest absolute Gasteiger partial charge is 0.309 e. The van der Waals surface area contributed by atoms with E-state index >= 15 is 0 Å². The average Bonchev–Trinajstić information content (AvgIpc) is 3.58. The van der Waals surface area contributed by atoms with Gasteiger partial charge in [0.05, 0.1) is 27.9 Å². The second-order valence-corrected chi connectivity index (χ2v) is 11.9. The lowest BCUT2D eigenvalue weighted by Crippen LogP contribution is -2.12. The Hall–Kier alpha value is -6.46. The van der Waals surface area contributed by atoms with Gasteiger partial charge in [0.1, 0.15) is 11.5 Å². The number of benzene rings is 5. The van der Waals surface area contributed by atoms with Crippen LogP contribution >= 0.6 is 0 Å². The lowest BCUT2D eigenvalue weighted by molar-refractivity contribution is 1.08. The summed E-state index contributed by atoms with van der Waals surface area (Å²) in [6.07, 6.45) is 8.22. The van der Waals surface area contributed by atoms with Crippen molar-refractivity contribution in [3.8, 4) is 11.5 Å². The van der Waals surface area contributed by atoms with Gasteiger partial charge in [0.2, 0.25) is 0 Å². The highest BCUT2D eigenvalue weighted by molar-refractivity contribution is 6.12. The first-order valence-corrected chi connectivity index (χ1v) is 15.8. The smallest absolute Gasteiger partial charge is 0.145 e. The number of aromatic nitrogens is 4. The van der Waals surface area contributed by atoms with Crippen LogP contribution in [0.4, 0.5) is 17.1 Å². The van der Waals surface area contributed by atoms with Crippen molar-refractivity contribution < 1.29 is 0 Å². The molecule has 0 fully saturated rings. The zero-order valence-electron chi connectivity index (χ0n) is 25.3. The van der Waals surface area contributed by atoms with Crippen molar-refractivity contribution in [2.45, 2.75) is 0 Å². The number of rotatable bonds is 3. The normalized spacial score (nSPS) is 12.6. The van der Waals surface area contributed by atoms with Gasteiger partial charge in [0.25, 0.3) is 0 Å². The molecule has 0 spiro atoms. The molecule has 47 heavy (non-hydrogen) atoms. The Balaban J connectivity index is 1.26. The van der Waals surface area contributed by atoms with Crippen LogP contribution in [0.5, 0.6) is 0 Å². The number of para-hydroxylation sites is 3. The Morgan fingerprint density at radius 3 is 1.98 bits per heavy atom. The van der Waals surface area contributed by atoms with Crippen molar-refractivity contribution >= 4 is 73.0 Å². The Morgan fingerprint density at radius 1 is 0.404 bits per heavy atom. The molecule has 0 atom stereocenters. The Labute approximate surface area is 270 Å². The highest BCUT2D eigenvalue weighted by Gasteiger charge is 2.24. The fourth-order valence-electron chi connectivity index (χ4n) is 7.33. The zero-order valence-corrected chi connectivity index (χ0v) is 25.3. The predicted octanol–water partition coefficient (Wildman–Crippen LogP) is 10.6. The van der Waals surface area contributed by atoms with E-state index < -0.39 is 0 Å². The van der Waals surface area contributed by atoms with E-state index in [1.54, 1.807) is 0 Å². The molecule has 5 heteroatoms. The summed E-state index contributed by atoms with van der Waals surface area (Å²) in [5, 5.41) is 4.75. The van der Waals surface area contributed by atoms with Gasteiger partial charge in [-0.25, -0.2) is 9.97 Å². The summed E-state index contributed by atoms with van der Waals surface area (Å²) in [6.45, 7) is 0. The molecule has 4 aromatic heterocycles. The first kappa shape index (κ1) is 25.8. The second-order valence-electron chi connectivity index (χ2n) is 11.9. The van der Waals surface area contributed by atoms with Crippen molar-refractivity contribution in [2.24, 2.45) is 0 Å². The number of anilines is 3. The minimum absolute atomic E-state index is 0.899. The van der Waals surface area contributed by atoms with E-state index in [4.69, 9.17) is 9.97 Å². The van der Waals surface area contributed by atoms with Crippen molar-refractivity contribution in [2.75, 3.05) is 4.90 Å². The second kappa shape index (κ2) is 10.0. The molecule has 1 aliphatic rings. The van der Waals surface area contributed by atoms with Crippen LogP contribution in [0.1, 0.15) is 11.1 Å². The lowest BCUT2D eigenvalue weighted by Gasteiger charge is -2.28. The number of pyridine rings is 2. The Morgan fingerprint density at radius 2 is 1.11 bits per heavy atom. The molecule has 0 saturated carbocycles. The monoisotopic (exact) mass is 601 g/mol. The van der Waals surface area contributed by atoms with Gasteiger partial charge in [-0.3, -0.25) is 9.13 Å². The van der Waals surface area contributed by atoms with E-state index in [9.17, 15) is 0 Å². The van der Waals surface area contributed by atoms with Gasteiger partial charge in [0.15, 0.2) is 0 Å². The van der Waals surface area contributed by atoms with Gasteiger partial charge < -0.3 is 4.90 Å². The SMILES string of the molecule is C1=Cc2cc3c4ccccc4n(-c4ccccn4)c3cc2N(c2cccc(-n3c4ccccc4c4cccnc43)c2)c2ccccc21. The maximum atomic E-state index is 4.85. The van der Waals surface area contributed by atoms with E-state index in [0.29, 0.717) is 0 Å². The Bertz CT molecular complexity index is 2640. The molecule has 0 radical (unpaired) electrons. The van der Waals surface area contributed by atoms with E-state index in [1.165, 1.54) is 16.2 Å². The first-order chi connectivity index (χ1) is 23.3. The van der Waals surface area contributed by atoms with Gasteiger partial charge in [-0.05, 0) is 83.9 Å². The molecule has 5 nitrogen and oxygen atoms in total. The van der Waals surface area contributed by atoms with Crippen molar-refractivity contribution in [3.05, 3.63) is 163 Å². The number of hydrogen-bond donors (Lipinski definition) is 0. The molecule has 220 valence electrons. The highest BCUT2D eigenvalue weighted by Crippen LogP contribution is 2.46.